The molecular formula is C8H10BrNO. The summed E-state index contributed by atoms with van der Waals surface area (Å²) in [5.41, 5.74) is 1.18. The van der Waals surface area contributed by atoms with Gasteiger partial charge >= 0.3 is 0 Å². The number of halogens is 1. The van der Waals surface area contributed by atoms with E-state index in [9.17, 15) is 0 Å². The molecule has 0 spiro atoms. The van der Waals surface area contributed by atoms with E-state index in [-0.39, 0.29) is 0 Å². The van der Waals surface area contributed by atoms with E-state index in [4.69, 9.17) is 4.42 Å². The standard InChI is InChI=1S/C8H10BrNO/c1-2-6-7(5-3-4-5)10-8(9)11-6/h5H,2-4H2,1H3. The highest BCUT2D eigenvalue weighted by Crippen LogP contribution is 2.41. The highest BCUT2D eigenvalue weighted by molar-refractivity contribution is 9.10. The molecule has 1 aliphatic carbocycles. The summed E-state index contributed by atoms with van der Waals surface area (Å²) in [6.07, 6.45) is 3.52. The zero-order valence-corrected chi connectivity index (χ0v) is 8.02. The van der Waals surface area contributed by atoms with Crippen LogP contribution in [0.1, 0.15) is 37.1 Å². The van der Waals surface area contributed by atoms with Crippen LogP contribution in [-0.4, -0.2) is 4.98 Å². The molecule has 1 aromatic rings. The van der Waals surface area contributed by atoms with Gasteiger partial charge in [-0.25, -0.2) is 4.98 Å². The Labute approximate surface area is 74.1 Å². The summed E-state index contributed by atoms with van der Waals surface area (Å²) in [5, 5.41) is 0. The summed E-state index contributed by atoms with van der Waals surface area (Å²) in [4.78, 5) is 4.93. The van der Waals surface area contributed by atoms with Crippen molar-refractivity contribution in [2.24, 2.45) is 0 Å². The third-order valence-corrected chi connectivity index (χ3v) is 2.33. The fourth-order valence-electron chi connectivity index (χ4n) is 1.26. The first kappa shape index (κ1) is 7.35. The van der Waals surface area contributed by atoms with E-state index in [1.54, 1.807) is 0 Å². The topological polar surface area (TPSA) is 26.0 Å². The first-order chi connectivity index (χ1) is 5.31. The summed E-state index contributed by atoms with van der Waals surface area (Å²) in [7, 11) is 0. The van der Waals surface area contributed by atoms with Crippen molar-refractivity contribution < 1.29 is 4.42 Å². The Kier molecular flexibility index (Phi) is 1.75. The fraction of sp³-hybridized carbons (Fsp3) is 0.625. The maximum Gasteiger partial charge on any atom is 0.264 e. The number of rotatable bonds is 2. The van der Waals surface area contributed by atoms with Gasteiger partial charge in [0.05, 0.1) is 5.69 Å². The molecule has 1 fully saturated rings. The van der Waals surface area contributed by atoms with E-state index in [2.05, 4.69) is 27.8 Å². The van der Waals surface area contributed by atoms with Crippen molar-refractivity contribution in [1.82, 2.24) is 4.98 Å². The minimum atomic E-state index is 0.635. The molecule has 1 saturated carbocycles. The normalized spacial score (nSPS) is 17.3. The van der Waals surface area contributed by atoms with Crippen LogP contribution in [0.3, 0.4) is 0 Å². The Balaban J connectivity index is 2.34. The Bertz CT molecular complexity index is 265. The third-order valence-electron chi connectivity index (χ3n) is 1.99. The zero-order chi connectivity index (χ0) is 7.84. The highest BCUT2D eigenvalue weighted by atomic mass is 79.9. The van der Waals surface area contributed by atoms with Gasteiger partial charge in [-0.3, -0.25) is 0 Å². The second kappa shape index (κ2) is 2.63. The minimum absolute atomic E-state index is 0.635. The van der Waals surface area contributed by atoms with Crippen LogP contribution in [0.15, 0.2) is 9.22 Å². The number of nitrogens with zero attached hydrogens (tertiary/aromatic N) is 1. The minimum Gasteiger partial charge on any atom is -0.436 e. The van der Waals surface area contributed by atoms with Crippen LogP contribution >= 0.6 is 15.9 Å². The van der Waals surface area contributed by atoms with Crippen LogP contribution in [0.2, 0.25) is 0 Å². The lowest BCUT2D eigenvalue weighted by atomic mass is 10.2. The molecule has 1 aliphatic rings. The van der Waals surface area contributed by atoms with E-state index in [0.29, 0.717) is 10.7 Å². The van der Waals surface area contributed by atoms with Gasteiger partial charge in [0, 0.05) is 28.3 Å². The van der Waals surface area contributed by atoms with Crippen molar-refractivity contribution in [3.05, 3.63) is 16.3 Å². The van der Waals surface area contributed by atoms with Gasteiger partial charge in [0.15, 0.2) is 0 Å². The van der Waals surface area contributed by atoms with Gasteiger partial charge in [-0.15, -0.1) is 0 Å². The molecule has 0 amide bonds. The first-order valence-corrected chi connectivity index (χ1v) is 4.75. The molecule has 0 N–H and O–H groups in total. The molecule has 0 aliphatic heterocycles. The molecule has 0 bridgehead atoms. The van der Waals surface area contributed by atoms with Crippen LogP contribution in [0, 0.1) is 0 Å². The second-order valence-electron chi connectivity index (χ2n) is 2.90. The number of oxazole rings is 1. The van der Waals surface area contributed by atoms with Crippen molar-refractivity contribution >= 4 is 15.9 Å². The van der Waals surface area contributed by atoms with Crippen molar-refractivity contribution in [3.63, 3.8) is 0 Å². The SMILES string of the molecule is CCc1oc(Br)nc1C1CC1. The van der Waals surface area contributed by atoms with E-state index in [0.717, 1.165) is 12.2 Å². The van der Waals surface area contributed by atoms with Crippen LogP contribution < -0.4 is 0 Å². The van der Waals surface area contributed by atoms with E-state index >= 15 is 0 Å². The zero-order valence-electron chi connectivity index (χ0n) is 6.43. The van der Waals surface area contributed by atoms with Crippen LogP contribution in [0.5, 0.6) is 0 Å². The van der Waals surface area contributed by atoms with E-state index < -0.39 is 0 Å². The smallest absolute Gasteiger partial charge is 0.264 e. The summed E-state index contributed by atoms with van der Waals surface area (Å²) in [6, 6.07) is 0. The van der Waals surface area contributed by atoms with Gasteiger partial charge < -0.3 is 4.42 Å². The number of hydrogen-bond acceptors (Lipinski definition) is 2. The van der Waals surface area contributed by atoms with Crippen LogP contribution in [0.25, 0.3) is 0 Å². The summed E-state index contributed by atoms with van der Waals surface area (Å²) in [5.74, 6) is 1.75. The molecule has 0 unspecified atom stereocenters. The summed E-state index contributed by atoms with van der Waals surface area (Å²) in [6.45, 7) is 2.10. The molecule has 11 heavy (non-hydrogen) atoms. The maximum atomic E-state index is 5.37. The Morgan fingerprint density at radius 1 is 1.64 bits per heavy atom. The average molecular weight is 216 g/mol. The van der Waals surface area contributed by atoms with Gasteiger partial charge in [0.2, 0.25) is 0 Å². The number of aromatic nitrogens is 1. The van der Waals surface area contributed by atoms with Crippen molar-refractivity contribution in [3.8, 4) is 0 Å². The predicted molar refractivity (Wildman–Crippen MR) is 45.6 cm³/mol. The second-order valence-corrected chi connectivity index (χ2v) is 3.58. The van der Waals surface area contributed by atoms with Gasteiger partial charge in [-0.05, 0) is 12.8 Å². The van der Waals surface area contributed by atoms with Gasteiger partial charge in [0.1, 0.15) is 5.76 Å². The Hall–Kier alpha value is -0.310. The van der Waals surface area contributed by atoms with Crippen molar-refractivity contribution in [2.45, 2.75) is 32.1 Å². The van der Waals surface area contributed by atoms with Gasteiger partial charge in [0.25, 0.3) is 4.80 Å². The Morgan fingerprint density at radius 3 is 2.91 bits per heavy atom. The molecule has 0 aromatic carbocycles. The quantitative estimate of drug-likeness (QED) is 0.759. The number of hydrogen-bond donors (Lipinski definition) is 0. The fourth-order valence-corrected chi connectivity index (χ4v) is 1.65. The molecule has 1 heterocycles. The Morgan fingerprint density at radius 2 is 2.36 bits per heavy atom. The largest absolute Gasteiger partial charge is 0.436 e. The van der Waals surface area contributed by atoms with Gasteiger partial charge in [-0.2, -0.15) is 0 Å². The lowest BCUT2D eigenvalue weighted by Crippen LogP contribution is -1.85. The molecule has 60 valence electrons. The van der Waals surface area contributed by atoms with E-state index in [1.165, 1.54) is 18.5 Å². The van der Waals surface area contributed by atoms with Crippen molar-refractivity contribution in [1.29, 1.82) is 0 Å². The van der Waals surface area contributed by atoms with E-state index in [1.807, 2.05) is 0 Å². The van der Waals surface area contributed by atoms with Crippen molar-refractivity contribution in [2.75, 3.05) is 0 Å². The average Bonchev–Trinajstić information content (AvgIpc) is 2.75. The third kappa shape index (κ3) is 1.34. The molecule has 2 nitrogen and oxygen atoms in total. The molecule has 0 atom stereocenters. The molecule has 1 aromatic heterocycles. The molecule has 0 saturated heterocycles. The summed E-state index contributed by atoms with van der Waals surface area (Å²) >= 11 is 3.24. The lowest BCUT2D eigenvalue weighted by molar-refractivity contribution is 0.483. The highest BCUT2D eigenvalue weighted by Gasteiger charge is 2.29. The monoisotopic (exact) mass is 215 g/mol. The molecule has 0 radical (unpaired) electrons. The summed E-state index contributed by atoms with van der Waals surface area (Å²) < 4.78 is 5.37. The molecule has 2 rings (SSSR count). The lowest BCUT2D eigenvalue weighted by Gasteiger charge is -1.91. The maximum absolute atomic E-state index is 5.37. The predicted octanol–water partition coefficient (Wildman–Crippen LogP) is 2.88. The van der Waals surface area contributed by atoms with Gasteiger partial charge in [-0.1, -0.05) is 6.92 Å². The molecular weight excluding hydrogens is 206 g/mol. The van der Waals surface area contributed by atoms with Crippen LogP contribution in [-0.2, 0) is 6.42 Å². The first-order valence-electron chi connectivity index (χ1n) is 3.96. The number of aryl methyl sites for hydroxylation is 1. The molecule has 3 heteroatoms. The van der Waals surface area contributed by atoms with Crippen LogP contribution in [0.4, 0.5) is 0 Å².